The van der Waals surface area contributed by atoms with E-state index < -0.39 is 0 Å². The number of rotatable bonds is 5. The first-order valence-corrected chi connectivity index (χ1v) is 7.93. The summed E-state index contributed by atoms with van der Waals surface area (Å²) in [5.74, 6) is 5.33. The van der Waals surface area contributed by atoms with E-state index in [9.17, 15) is 0 Å². The van der Waals surface area contributed by atoms with Gasteiger partial charge in [-0.3, -0.25) is 15.2 Å². The van der Waals surface area contributed by atoms with Gasteiger partial charge in [0.1, 0.15) is 5.01 Å². The Bertz CT molecular complexity index is 550. The molecule has 112 valence electrons. The van der Waals surface area contributed by atoms with Gasteiger partial charge >= 0.3 is 0 Å². The molecule has 2 aromatic rings. The summed E-state index contributed by atoms with van der Waals surface area (Å²) in [4.78, 5) is 4.92. The second-order valence-electron chi connectivity index (χ2n) is 5.18. The predicted molar refractivity (Wildman–Crippen MR) is 84.7 cm³/mol. The van der Waals surface area contributed by atoms with Crippen molar-refractivity contribution >= 4 is 16.5 Å². The van der Waals surface area contributed by atoms with Gasteiger partial charge in [0.05, 0.1) is 6.54 Å². The fourth-order valence-electron chi connectivity index (χ4n) is 2.51. The van der Waals surface area contributed by atoms with Crippen LogP contribution in [0.2, 0.25) is 0 Å². The van der Waals surface area contributed by atoms with Crippen molar-refractivity contribution in [2.45, 2.75) is 13.1 Å². The molecule has 1 aromatic carbocycles. The molecular formula is C14H20N6S. The third kappa shape index (κ3) is 3.98. The Morgan fingerprint density at radius 3 is 2.29 bits per heavy atom. The number of nitrogen functional groups attached to an aromatic ring is 1. The van der Waals surface area contributed by atoms with Crippen LogP contribution in [-0.2, 0) is 13.1 Å². The number of hydrogen-bond acceptors (Lipinski definition) is 7. The molecule has 21 heavy (non-hydrogen) atoms. The predicted octanol–water partition coefficient (Wildman–Crippen LogP) is 1.14. The van der Waals surface area contributed by atoms with Crippen molar-refractivity contribution < 1.29 is 0 Å². The van der Waals surface area contributed by atoms with Crippen LogP contribution in [0, 0.1) is 0 Å². The highest BCUT2D eigenvalue weighted by molar-refractivity contribution is 7.15. The van der Waals surface area contributed by atoms with Crippen LogP contribution in [-0.4, -0.2) is 46.2 Å². The molecule has 3 N–H and O–H groups in total. The number of hydrogen-bond donors (Lipinski definition) is 2. The number of hydrazine groups is 1. The quantitative estimate of drug-likeness (QED) is 0.638. The summed E-state index contributed by atoms with van der Waals surface area (Å²) in [5, 5.41) is 9.79. The molecule has 0 spiro atoms. The molecule has 1 saturated heterocycles. The smallest absolute Gasteiger partial charge is 0.219 e. The van der Waals surface area contributed by atoms with Crippen molar-refractivity contribution in [2.75, 3.05) is 31.6 Å². The van der Waals surface area contributed by atoms with E-state index in [-0.39, 0.29) is 0 Å². The minimum Gasteiger partial charge on any atom is -0.298 e. The number of anilines is 1. The Kier molecular flexibility index (Phi) is 4.76. The first-order chi connectivity index (χ1) is 10.3. The van der Waals surface area contributed by atoms with Crippen LogP contribution in [0.5, 0.6) is 0 Å². The van der Waals surface area contributed by atoms with Crippen molar-refractivity contribution in [3.63, 3.8) is 0 Å². The van der Waals surface area contributed by atoms with Crippen LogP contribution in [0.25, 0.3) is 0 Å². The average molecular weight is 304 g/mol. The maximum absolute atomic E-state index is 5.33. The monoisotopic (exact) mass is 304 g/mol. The lowest BCUT2D eigenvalue weighted by molar-refractivity contribution is 0.122. The van der Waals surface area contributed by atoms with Gasteiger partial charge in [-0.05, 0) is 5.56 Å². The second-order valence-corrected chi connectivity index (χ2v) is 6.25. The van der Waals surface area contributed by atoms with Gasteiger partial charge in [-0.15, -0.1) is 10.2 Å². The molecule has 2 heterocycles. The zero-order valence-corrected chi connectivity index (χ0v) is 12.7. The summed E-state index contributed by atoms with van der Waals surface area (Å²) in [6.07, 6.45) is 0. The van der Waals surface area contributed by atoms with E-state index in [1.165, 1.54) is 16.9 Å². The molecule has 0 aliphatic carbocycles. The summed E-state index contributed by atoms with van der Waals surface area (Å²) >= 11 is 1.52. The molecular weight excluding hydrogens is 284 g/mol. The zero-order valence-electron chi connectivity index (χ0n) is 11.9. The van der Waals surface area contributed by atoms with Gasteiger partial charge in [0.15, 0.2) is 0 Å². The number of nitrogens with zero attached hydrogens (tertiary/aromatic N) is 4. The normalized spacial score (nSPS) is 17.0. The second kappa shape index (κ2) is 6.95. The van der Waals surface area contributed by atoms with Gasteiger partial charge in [0.25, 0.3) is 0 Å². The van der Waals surface area contributed by atoms with Crippen molar-refractivity contribution in [3.05, 3.63) is 40.9 Å². The van der Waals surface area contributed by atoms with E-state index in [4.69, 9.17) is 5.84 Å². The molecule has 0 radical (unpaired) electrons. The Morgan fingerprint density at radius 2 is 1.67 bits per heavy atom. The average Bonchev–Trinajstić information content (AvgIpc) is 2.98. The van der Waals surface area contributed by atoms with E-state index in [0.717, 1.165) is 44.3 Å². The van der Waals surface area contributed by atoms with Crippen molar-refractivity contribution in [1.29, 1.82) is 0 Å². The van der Waals surface area contributed by atoms with Gasteiger partial charge in [-0.2, -0.15) is 0 Å². The van der Waals surface area contributed by atoms with Gasteiger partial charge in [-0.25, -0.2) is 5.84 Å². The largest absolute Gasteiger partial charge is 0.298 e. The summed E-state index contributed by atoms with van der Waals surface area (Å²) in [6, 6.07) is 10.6. The molecule has 6 nitrogen and oxygen atoms in total. The van der Waals surface area contributed by atoms with Crippen molar-refractivity contribution in [1.82, 2.24) is 20.0 Å². The maximum Gasteiger partial charge on any atom is 0.219 e. The minimum absolute atomic E-state index is 0.674. The maximum atomic E-state index is 5.33. The molecule has 1 fully saturated rings. The molecule has 0 saturated carbocycles. The topological polar surface area (TPSA) is 70.3 Å². The summed E-state index contributed by atoms with van der Waals surface area (Å²) in [6.45, 7) is 6.22. The Hall–Kier alpha value is -1.54. The van der Waals surface area contributed by atoms with Crippen LogP contribution in [0.1, 0.15) is 10.6 Å². The standard InChI is InChI=1S/C14H20N6S/c15-16-14-18-17-13(21-14)11-20-8-6-19(7-9-20)10-12-4-2-1-3-5-12/h1-5H,6-11,15H2,(H,16,18). The van der Waals surface area contributed by atoms with Crippen molar-refractivity contribution in [3.8, 4) is 0 Å². The molecule has 1 aliphatic rings. The van der Waals surface area contributed by atoms with Crippen LogP contribution >= 0.6 is 11.3 Å². The number of benzene rings is 1. The summed E-state index contributed by atoms with van der Waals surface area (Å²) < 4.78 is 0. The van der Waals surface area contributed by atoms with Crippen molar-refractivity contribution in [2.24, 2.45) is 5.84 Å². The SMILES string of the molecule is NNc1nnc(CN2CCN(Cc3ccccc3)CC2)s1. The van der Waals surface area contributed by atoms with Crippen LogP contribution < -0.4 is 11.3 Å². The van der Waals surface area contributed by atoms with E-state index in [0.29, 0.717) is 5.13 Å². The first kappa shape index (κ1) is 14.4. The van der Waals surface area contributed by atoms with E-state index in [1.54, 1.807) is 0 Å². The van der Waals surface area contributed by atoms with Crippen LogP contribution in [0.3, 0.4) is 0 Å². The third-order valence-electron chi connectivity index (χ3n) is 3.66. The lowest BCUT2D eigenvalue weighted by atomic mass is 10.2. The summed E-state index contributed by atoms with van der Waals surface area (Å²) in [7, 11) is 0. The summed E-state index contributed by atoms with van der Waals surface area (Å²) in [5.41, 5.74) is 3.92. The van der Waals surface area contributed by atoms with Gasteiger partial charge < -0.3 is 0 Å². The van der Waals surface area contributed by atoms with Gasteiger partial charge in [0, 0.05) is 32.7 Å². The minimum atomic E-state index is 0.674. The van der Waals surface area contributed by atoms with E-state index in [1.807, 2.05) is 0 Å². The van der Waals surface area contributed by atoms with Crippen LogP contribution in [0.15, 0.2) is 30.3 Å². The Balaban J connectivity index is 1.46. The lowest BCUT2D eigenvalue weighted by Gasteiger charge is -2.34. The highest BCUT2D eigenvalue weighted by Crippen LogP contribution is 2.17. The number of piperazine rings is 1. The molecule has 0 unspecified atom stereocenters. The fraction of sp³-hybridized carbons (Fsp3) is 0.429. The Labute approximate surface area is 128 Å². The number of nitrogens with two attached hydrogens (primary N) is 1. The highest BCUT2D eigenvalue weighted by atomic mass is 32.1. The van der Waals surface area contributed by atoms with Gasteiger partial charge in [-0.1, -0.05) is 41.7 Å². The first-order valence-electron chi connectivity index (χ1n) is 7.11. The molecule has 1 aliphatic heterocycles. The molecule has 0 amide bonds. The van der Waals surface area contributed by atoms with Gasteiger partial charge in [0.2, 0.25) is 5.13 Å². The Morgan fingerprint density at radius 1 is 1.00 bits per heavy atom. The molecule has 0 bridgehead atoms. The lowest BCUT2D eigenvalue weighted by Crippen LogP contribution is -2.45. The fourth-order valence-corrected chi connectivity index (χ4v) is 3.21. The molecule has 0 atom stereocenters. The number of nitrogens with one attached hydrogen (secondary N) is 1. The number of aromatic nitrogens is 2. The molecule has 7 heteroatoms. The van der Waals surface area contributed by atoms with E-state index >= 15 is 0 Å². The molecule has 3 rings (SSSR count). The third-order valence-corrected chi connectivity index (χ3v) is 4.50. The molecule has 1 aromatic heterocycles. The van der Waals surface area contributed by atoms with E-state index in [2.05, 4.69) is 55.8 Å². The zero-order chi connectivity index (χ0) is 14.5. The highest BCUT2D eigenvalue weighted by Gasteiger charge is 2.18. The van der Waals surface area contributed by atoms with Crippen LogP contribution in [0.4, 0.5) is 5.13 Å².